The summed E-state index contributed by atoms with van der Waals surface area (Å²) in [5.41, 5.74) is 0.193. The Balaban J connectivity index is 1.87. The highest BCUT2D eigenvalue weighted by Gasteiger charge is 2.21. The third kappa shape index (κ3) is 4.03. The lowest BCUT2D eigenvalue weighted by Gasteiger charge is -2.28. The summed E-state index contributed by atoms with van der Waals surface area (Å²) < 4.78 is 27.4. The summed E-state index contributed by atoms with van der Waals surface area (Å²) in [5.74, 6) is -0.332. The first-order chi connectivity index (χ1) is 10.2. The van der Waals surface area contributed by atoms with E-state index in [1.54, 1.807) is 12.1 Å². The van der Waals surface area contributed by atoms with Gasteiger partial charge in [0.05, 0.1) is 5.56 Å². The highest BCUT2D eigenvalue weighted by molar-refractivity contribution is 5.34. The zero-order chi connectivity index (χ0) is 15.2. The molecule has 1 aliphatic rings. The number of hydrogen-bond donors (Lipinski definition) is 0. The van der Waals surface area contributed by atoms with Gasteiger partial charge in [-0.25, -0.2) is 8.78 Å². The van der Waals surface area contributed by atoms with Gasteiger partial charge in [-0.2, -0.15) is 5.26 Å². The fourth-order valence-electron chi connectivity index (χ4n) is 3.45. The Morgan fingerprint density at radius 1 is 1.05 bits per heavy atom. The van der Waals surface area contributed by atoms with E-state index < -0.39 is 11.6 Å². The van der Waals surface area contributed by atoms with Crippen molar-refractivity contribution in [2.24, 2.45) is 11.8 Å². The number of rotatable bonds is 5. The molecule has 0 aromatic heterocycles. The number of hydrogen-bond acceptors (Lipinski definition) is 1. The van der Waals surface area contributed by atoms with Gasteiger partial charge in [0.15, 0.2) is 11.6 Å². The van der Waals surface area contributed by atoms with Gasteiger partial charge in [-0.05, 0) is 36.3 Å². The van der Waals surface area contributed by atoms with Gasteiger partial charge < -0.3 is 0 Å². The largest absolute Gasteiger partial charge is 0.203 e. The van der Waals surface area contributed by atoms with Gasteiger partial charge >= 0.3 is 0 Å². The van der Waals surface area contributed by atoms with Crippen molar-refractivity contribution in [3.63, 3.8) is 0 Å². The van der Waals surface area contributed by atoms with Crippen LogP contribution in [-0.4, -0.2) is 0 Å². The quantitative estimate of drug-likeness (QED) is 0.715. The van der Waals surface area contributed by atoms with Gasteiger partial charge in [0, 0.05) is 0 Å². The maximum Gasteiger partial charge on any atom is 0.176 e. The standard InChI is InChI=1S/C18H23F2N/c1-2-3-13-4-6-14(7-5-13)8-9-15-10-11-16(12-21)18(20)17(15)19/h10-11,13-14H,2-9H2,1H3/t13-,14-. The first-order valence-electron chi connectivity index (χ1n) is 8.02. The number of nitrogens with zero attached hydrogens (tertiary/aromatic N) is 1. The monoisotopic (exact) mass is 291 g/mol. The van der Waals surface area contributed by atoms with Crippen LogP contribution in [0.3, 0.4) is 0 Å². The second-order valence-electron chi connectivity index (χ2n) is 6.23. The zero-order valence-electron chi connectivity index (χ0n) is 12.7. The Kier molecular flexibility index (Phi) is 5.73. The van der Waals surface area contributed by atoms with Crippen LogP contribution in [0, 0.1) is 34.8 Å². The molecule has 3 heteroatoms. The van der Waals surface area contributed by atoms with E-state index in [0.29, 0.717) is 17.9 Å². The number of nitriles is 1. The van der Waals surface area contributed by atoms with Crippen molar-refractivity contribution in [1.82, 2.24) is 0 Å². The van der Waals surface area contributed by atoms with Gasteiger partial charge in [0.1, 0.15) is 6.07 Å². The maximum absolute atomic E-state index is 13.8. The average Bonchev–Trinajstić information content (AvgIpc) is 2.50. The summed E-state index contributed by atoms with van der Waals surface area (Å²) in [6, 6.07) is 4.61. The molecule has 1 aliphatic carbocycles. The van der Waals surface area contributed by atoms with Crippen molar-refractivity contribution in [2.45, 2.75) is 58.3 Å². The molecule has 0 saturated heterocycles. The third-order valence-electron chi connectivity index (χ3n) is 4.77. The van der Waals surface area contributed by atoms with Crippen LogP contribution in [0.15, 0.2) is 12.1 Å². The van der Waals surface area contributed by atoms with Gasteiger partial charge in [-0.3, -0.25) is 0 Å². The van der Waals surface area contributed by atoms with E-state index in [4.69, 9.17) is 5.26 Å². The van der Waals surface area contributed by atoms with Crippen LogP contribution < -0.4 is 0 Å². The van der Waals surface area contributed by atoms with E-state index in [1.807, 2.05) is 0 Å². The first kappa shape index (κ1) is 15.9. The summed E-state index contributed by atoms with van der Waals surface area (Å²) in [5, 5.41) is 8.68. The van der Waals surface area contributed by atoms with Crippen LogP contribution >= 0.6 is 0 Å². The van der Waals surface area contributed by atoms with E-state index in [9.17, 15) is 8.78 Å². The van der Waals surface area contributed by atoms with E-state index in [2.05, 4.69) is 6.92 Å². The second-order valence-corrected chi connectivity index (χ2v) is 6.23. The van der Waals surface area contributed by atoms with E-state index in [1.165, 1.54) is 44.6 Å². The second kappa shape index (κ2) is 7.54. The minimum Gasteiger partial charge on any atom is -0.203 e. The van der Waals surface area contributed by atoms with Crippen molar-refractivity contribution in [1.29, 1.82) is 5.26 Å². The molecule has 114 valence electrons. The van der Waals surface area contributed by atoms with Gasteiger partial charge in [0.2, 0.25) is 0 Å². The topological polar surface area (TPSA) is 23.8 Å². The smallest absolute Gasteiger partial charge is 0.176 e. The Hall–Kier alpha value is -1.43. The molecule has 0 unspecified atom stereocenters. The molecule has 1 nitrogen and oxygen atoms in total. The molecule has 0 radical (unpaired) electrons. The van der Waals surface area contributed by atoms with Gasteiger partial charge in [0.25, 0.3) is 0 Å². The lowest BCUT2D eigenvalue weighted by molar-refractivity contribution is 0.251. The molecule has 0 spiro atoms. The highest BCUT2D eigenvalue weighted by atomic mass is 19.2. The molecule has 2 rings (SSSR count). The molecule has 0 atom stereocenters. The predicted octanol–water partition coefficient (Wildman–Crippen LogP) is 5.38. The molecule has 1 aromatic carbocycles. The molecule has 0 aliphatic heterocycles. The van der Waals surface area contributed by atoms with Crippen LogP contribution in [0.2, 0.25) is 0 Å². The molecular formula is C18H23F2N. The minimum atomic E-state index is -0.998. The Morgan fingerprint density at radius 3 is 2.24 bits per heavy atom. The van der Waals surface area contributed by atoms with Crippen molar-refractivity contribution in [3.05, 3.63) is 34.9 Å². The molecule has 1 aromatic rings. The fourth-order valence-corrected chi connectivity index (χ4v) is 3.45. The van der Waals surface area contributed by atoms with Crippen molar-refractivity contribution >= 4 is 0 Å². The number of halogens is 2. The maximum atomic E-state index is 13.8. The van der Waals surface area contributed by atoms with Crippen LogP contribution in [0.25, 0.3) is 0 Å². The SMILES string of the molecule is CCC[C@H]1CC[C@H](CCc2ccc(C#N)c(F)c2F)CC1. The molecule has 0 bridgehead atoms. The van der Waals surface area contributed by atoms with E-state index in [-0.39, 0.29) is 5.56 Å². The summed E-state index contributed by atoms with van der Waals surface area (Å²) in [7, 11) is 0. The van der Waals surface area contributed by atoms with Crippen molar-refractivity contribution in [3.8, 4) is 6.07 Å². The zero-order valence-corrected chi connectivity index (χ0v) is 12.7. The van der Waals surface area contributed by atoms with Crippen LogP contribution in [0.5, 0.6) is 0 Å². The Bertz CT molecular complexity index is 511. The molecule has 0 heterocycles. The summed E-state index contributed by atoms with van der Waals surface area (Å²) >= 11 is 0. The summed E-state index contributed by atoms with van der Waals surface area (Å²) in [6.45, 7) is 2.23. The van der Waals surface area contributed by atoms with Crippen LogP contribution in [-0.2, 0) is 6.42 Å². The highest BCUT2D eigenvalue weighted by Crippen LogP contribution is 2.34. The van der Waals surface area contributed by atoms with Crippen molar-refractivity contribution in [2.75, 3.05) is 0 Å². The Morgan fingerprint density at radius 2 is 1.67 bits per heavy atom. The van der Waals surface area contributed by atoms with Gasteiger partial charge in [-0.15, -0.1) is 0 Å². The molecule has 0 amide bonds. The average molecular weight is 291 g/mol. The van der Waals surface area contributed by atoms with Crippen molar-refractivity contribution < 1.29 is 8.78 Å². The third-order valence-corrected chi connectivity index (χ3v) is 4.77. The normalized spacial score (nSPS) is 22.0. The lowest BCUT2D eigenvalue weighted by Crippen LogP contribution is -2.15. The molecule has 0 N–H and O–H groups in total. The molecular weight excluding hydrogens is 268 g/mol. The number of aryl methyl sites for hydroxylation is 1. The van der Waals surface area contributed by atoms with Gasteiger partial charge in [-0.1, -0.05) is 51.5 Å². The minimum absolute atomic E-state index is 0.212. The molecule has 1 fully saturated rings. The molecule has 1 saturated carbocycles. The fraction of sp³-hybridized carbons (Fsp3) is 0.611. The lowest BCUT2D eigenvalue weighted by atomic mass is 9.78. The number of benzene rings is 1. The van der Waals surface area contributed by atoms with E-state index >= 15 is 0 Å². The first-order valence-corrected chi connectivity index (χ1v) is 8.02. The summed E-state index contributed by atoms with van der Waals surface area (Å²) in [6.07, 6.45) is 9.05. The van der Waals surface area contributed by atoms with E-state index in [0.717, 1.165) is 12.3 Å². The molecule has 21 heavy (non-hydrogen) atoms. The Labute approximate surface area is 126 Å². The summed E-state index contributed by atoms with van der Waals surface area (Å²) in [4.78, 5) is 0. The van der Waals surface area contributed by atoms with Crippen LogP contribution in [0.1, 0.15) is 63.0 Å². The van der Waals surface area contributed by atoms with Crippen LogP contribution in [0.4, 0.5) is 8.78 Å². The predicted molar refractivity (Wildman–Crippen MR) is 79.8 cm³/mol.